The number of hydrogen-bond acceptors (Lipinski definition) is 7. The van der Waals surface area contributed by atoms with Gasteiger partial charge in [-0.25, -0.2) is 4.79 Å². The third-order valence-electron chi connectivity index (χ3n) is 9.89. The Morgan fingerprint density at radius 2 is 1.83 bits per heavy atom. The molecule has 10 heteroatoms. The maximum Gasteiger partial charge on any atom is 0.330 e. The van der Waals surface area contributed by atoms with E-state index in [2.05, 4.69) is 21.3 Å². The normalized spacial score (nSPS) is 17.0. The minimum atomic E-state index is -0.963. The second-order valence-electron chi connectivity index (χ2n) is 12.8. The first-order chi connectivity index (χ1) is 23.4. The van der Waals surface area contributed by atoms with Crippen LogP contribution in [-0.4, -0.2) is 48.2 Å². The van der Waals surface area contributed by atoms with Crippen LogP contribution in [0.1, 0.15) is 85.0 Å². The third-order valence-corrected chi connectivity index (χ3v) is 11.0. The number of carbonyl (C=O) groups is 3. The van der Waals surface area contributed by atoms with Crippen molar-refractivity contribution < 1.29 is 28.6 Å². The molecule has 2 saturated carbocycles. The molecule has 2 amide bonds. The number of aromatic nitrogens is 1. The van der Waals surface area contributed by atoms with Gasteiger partial charge in [-0.2, -0.15) is 0 Å². The largest absolute Gasteiger partial charge is 0.497 e. The van der Waals surface area contributed by atoms with Crippen molar-refractivity contribution in [2.75, 3.05) is 25.6 Å². The Morgan fingerprint density at radius 3 is 2.54 bits per heavy atom. The van der Waals surface area contributed by atoms with E-state index in [1.807, 2.05) is 30.3 Å². The van der Waals surface area contributed by atoms with Crippen molar-refractivity contribution in [3.8, 4) is 22.8 Å². The number of nitrogens with one attached hydrogen (secondary N) is 2. The van der Waals surface area contributed by atoms with Gasteiger partial charge >= 0.3 is 5.97 Å². The molecule has 2 fully saturated rings. The summed E-state index contributed by atoms with van der Waals surface area (Å²) in [7, 11) is 1.67. The molecule has 0 saturated heterocycles. The highest BCUT2D eigenvalue weighted by atomic mass is 32.1. The fraction of sp³-hybridized carbons (Fsp3) is 0.395. The molecule has 3 aliphatic rings. The van der Waals surface area contributed by atoms with Crippen LogP contribution >= 0.6 is 11.3 Å². The predicted octanol–water partition coefficient (Wildman–Crippen LogP) is 7.69. The van der Waals surface area contributed by atoms with Gasteiger partial charge in [-0.3, -0.25) is 9.59 Å². The van der Waals surface area contributed by atoms with Gasteiger partial charge in [-0.05, 0) is 92.5 Å². The molecule has 2 aromatic heterocycles. The molecule has 4 aromatic rings. The standard InChI is InChI=1S/C38H41N3O6S/c1-3-46-32(42)17-12-24-10-13-26(14-11-24)39-37(44)38(18-7-19-38)40-36(43)31-23-29-35(48-31)33(25-8-5-4-6-9-25)34-28-16-15-27(45-2)22-30(28)47-21-20-41(29)34/h10-17,22-23,25H,3-9,18-21H2,1-2H3,(H,39,44)(H,40,43). The molecular weight excluding hydrogens is 627 g/mol. The van der Waals surface area contributed by atoms with Crippen molar-refractivity contribution in [3.63, 3.8) is 0 Å². The highest BCUT2D eigenvalue weighted by Gasteiger charge is 2.46. The first-order valence-electron chi connectivity index (χ1n) is 16.9. The van der Waals surface area contributed by atoms with E-state index in [4.69, 9.17) is 14.2 Å². The molecule has 0 radical (unpaired) electrons. The van der Waals surface area contributed by atoms with E-state index >= 15 is 0 Å². The molecule has 1 aliphatic heterocycles. The summed E-state index contributed by atoms with van der Waals surface area (Å²) in [5.74, 6) is 1.17. The van der Waals surface area contributed by atoms with Crippen LogP contribution in [0.15, 0.2) is 54.6 Å². The van der Waals surface area contributed by atoms with E-state index in [1.165, 1.54) is 36.6 Å². The smallest absolute Gasteiger partial charge is 0.330 e. The average Bonchev–Trinajstić information content (AvgIpc) is 3.58. The van der Waals surface area contributed by atoms with E-state index in [0.717, 1.165) is 52.1 Å². The number of carbonyl (C=O) groups excluding carboxylic acids is 3. The van der Waals surface area contributed by atoms with Crippen LogP contribution in [0.5, 0.6) is 11.5 Å². The van der Waals surface area contributed by atoms with Crippen LogP contribution in [0.25, 0.3) is 27.6 Å². The average molecular weight is 668 g/mol. The van der Waals surface area contributed by atoms with Crippen LogP contribution < -0.4 is 20.1 Å². The number of thiophene rings is 1. The SMILES string of the molecule is CCOC(=O)C=Cc1ccc(NC(=O)C2(NC(=O)c3cc4c(s3)c(C3CCCCC3)c3n4CCOc4cc(OC)ccc4-3)CCC2)cc1. The fourth-order valence-electron chi connectivity index (χ4n) is 7.25. The summed E-state index contributed by atoms with van der Waals surface area (Å²) >= 11 is 1.54. The Labute approximate surface area is 284 Å². The van der Waals surface area contributed by atoms with Gasteiger partial charge in [0.2, 0.25) is 5.91 Å². The second kappa shape index (κ2) is 13.5. The van der Waals surface area contributed by atoms with E-state index in [1.54, 1.807) is 43.6 Å². The maximum atomic E-state index is 13.9. The first kappa shape index (κ1) is 32.0. The van der Waals surface area contributed by atoms with Crippen molar-refractivity contribution in [2.45, 2.75) is 76.3 Å². The number of fused-ring (bicyclic) bond motifs is 5. The number of ether oxygens (including phenoxy) is 3. The molecular formula is C38H41N3O6S. The van der Waals surface area contributed by atoms with E-state index in [-0.39, 0.29) is 11.8 Å². The lowest BCUT2D eigenvalue weighted by molar-refractivity contribution is -0.137. The fourth-order valence-corrected chi connectivity index (χ4v) is 8.43. The molecule has 3 heterocycles. The van der Waals surface area contributed by atoms with Crippen molar-refractivity contribution in [1.82, 2.24) is 9.88 Å². The zero-order valence-corrected chi connectivity index (χ0v) is 28.3. The summed E-state index contributed by atoms with van der Waals surface area (Å²) in [5, 5.41) is 6.14. The molecule has 48 heavy (non-hydrogen) atoms. The predicted molar refractivity (Wildman–Crippen MR) is 188 cm³/mol. The third kappa shape index (κ3) is 6.09. The summed E-state index contributed by atoms with van der Waals surface area (Å²) in [5.41, 5.74) is 5.11. The van der Waals surface area contributed by atoms with Crippen molar-refractivity contribution in [2.24, 2.45) is 0 Å². The molecule has 0 spiro atoms. The Balaban J connectivity index is 1.14. The van der Waals surface area contributed by atoms with Gasteiger partial charge in [-0.1, -0.05) is 31.4 Å². The number of amides is 2. The number of nitrogens with zero attached hydrogens (tertiary/aromatic N) is 1. The van der Waals surface area contributed by atoms with Crippen molar-refractivity contribution in [1.29, 1.82) is 0 Å². The van der Waals surface area contributed by atoms with Gasteiger partial charge in [0.1, 0.15) is 23.6 Å². The van der Waals surface area contributed by atoms with Gasteiger partial charge in [-0.15, -0.1) is 11.3 Å². The summed E-state index contributed by atoms with van der Waals surface area (Å²) < 4.78 is 20.2. The molecule has 9 nitrogen and oxygen atoms in total. The van der Waals surface area contributed by atoms with Crippen LogP contribution in [0.3, 0.4) is 0 Å². The summed E-state index contributed by atoms with van der Waals surface area (Å²) in [4.78, 5) is 39.8. The summed E-state index contributed by atoms with van der Waals surface area (Å²) in [6.45, 7) is 3.28. The number of methoxy groups -OCH3 is 1. The lowest BCUT2D eigenvalue weighted by Gasteiger charge is -2.40. The number of hydrogen-bond donors (Lipinski definition) is 2. The molecule has 0 bridgehead atoms. The van der Waals surface area contributed by atoms with Gasteiger partial charge in [0.15, 0.2) is 0 Å². The van der Waals surface area contributed by atoms with Gasteiger partial charge in [0.05, 0.1) is 41.0 Å². The topological polar surface area (TPSA) is 108 Å². The molecule has 0 atom stereocenters. The van der Waals surface area contributed by atoms with Crippen molar-refractivity contribution >= 4 is 51.1 Å². The van der Waals surface area contributed by atoms with Gasteiger partial charge < -0.3 is 29.4 Å². The van der Waals surface area contributed by atoms with E-state index in [9.17, 15) is 14.4 Å². The molecule has 2 aromatic carbocycles. The quantitative estimate of drug-likeness (QED) is 0.140. The molecule has 250 valence electrons. The second-order valence-corrected chi connectivity index (χ2v) is 13.9. The zero-order chi connectivity index (χ0) is 33.3. The molecule has 2 aliphatic carbocycles. The number of esters is 1. The molecule has 0 unspecified atom stereocenters. The number of anilines is 1. The minimum absolute atomic E-state index is 0.218. The first-order valence-corrected chi connectivity index (χ1v) is 17.8. The number of benzene rings is 2. The molecule has 7 rings (SSSR count). The zero-order valence-electron chi connectivity index (χ0n) is 27.4. The Kier molecular flexibility index (Phi) is 9.00. The Morgan fingerprint density at radius 1 is 1.04 bits per heavy atom. The van der Waals surface area contributed by atoms with Gasteiger partial charge in [0.25, 0.3) is 5.91 Å². The van der Waals surface area contributed by atoms with E-state index in [0.29, 0.717) is 49.1 Å². The van der Waals surface area contributed by atoms with E-state index < -0.39 is 11.5 Å². The van der Waals surface area contributed by atoms with Gasteiger partial charge in [0, 0.05) is 23.4 Å². The highest BCUT2D eigenvalue weighted by Crippen LogP contribution is 2.50. The maximum absolute atomic E-state index is 13.9. The van der Waals surface area contributed by atoms with Crippen LogP contribution in [0.2, 0.25) is 0 Å². The van der Waals surface area contributed by atoms with Crippen LogP contribution in [0.4, 0.5) is 5.69 Å². The number of rotatable bonds is 9. The Hall–Kier alpha value is -4.57. The summed E-state index contributed by atoms with van der Waals surface area (Å²) in [6, 6.07) is 15.3. The summed E-state index contributed by atoms with van der Waals surface area (Å²) in [6.07, 6.45) is 11.0. The van der Waals surface area contributed by atoms with Crippen LogP contribution in [0, 0.1) is 0 Å². The Bertz CT molecular complexity index is 1880. The highest BCUT2D eigenvalue weighted by molar-refractivity contribution is 7.21. The minimum Gasteiger partial charge on any atom is -0.497 e. The molecule has 2 N–H and O–H groups in total. The van der Waals surface area contributed by atoms with Crippen molar-refractivity contribution in [3.05, 3.63) is 70.6 Å². The van der Waals surface area contributed by atoms with Crippen LogP contribution in [-0.2, 0) is 20.9 Å². The lowest BCUT2D eigenvalue weighted by atomic mass is 9.75. The monoisotopic (exact) mass is 667 g/mol. The lowest BCUT2D eigenvalue weighted by Crippen LogP contribution is -2.61.